The maximum absolute atomic E-state index is 12.9. The fraction of sp³-hybridized carbons (Fsp3) is 0.250. The third kappa shape index (κ3) is 1.93. The van der Waals surface area contributed by atoms with E-state index in [0.717, 1.165) is 18.4 Å². The Balaban J connectivity index is 1.76. The lowest BCUT2D eigenvalue weighted by Crippen LogP contribution is -2.47. The zero-order valence-electron chi connectivity index (χ0n) is 10.1. The highest BCUT2D eigenvalue weighted by Gasteiger charge is 2.42. The summed E-state index contributed by atoms with van der Waals surface area (Å²) in [6.07, 6.45) is 1.87. The van der Waals surface area contributed by atoms with E-state index in [0.29, 0.717) is 5.92 Å². The van der Waals surface area contributed by atoms with Gasteiger partial charge in [-0.3, -0.25) is 0 Å². The SMILES string of the molecule is NC1(c2ccc(F)cc2)CC(c2ccccc2)C1. The Bertz CT molecular complexity index is 527. The first-order valence-corrected chi connectivity index (χ1v) is 6.27. The van der Waals surface area contributed by atoms with Gasteiger partial charge in [-0.15, -0.1) is 0 Å². The smallest absolute Gasteiger partial charge is 0.123 e. The number of hydrogen-bond acceptors (Lipinski definition) is 1. The maximum atomic E-state index is 12.9. The molecule has 1 aliphatic rings. The molecule has 0 amide bonds. The van der Waals surface area contributed by atoms with Crippen LogP contribution in [0.1, 0.15) is 29.9 Å². The third-order valence-corrected chi connectivity index (χ3v) is 3.91. The van der Waals surface area contributed by atoms with Crippen molar-refractivity contribution in [1.29, 1.82) is 0 Å². The van der Waals surface area contributed by atoms with Crippen molar-refractivity contribution >= 4 is 0 Å². The second-order valence-corrected chi connectivity index (χ2v) is 5.18. The van der Waals surface area contributed by atoms with Crippen molar-refractivity contribution in [2.45, 2.75) is 24.3 Å². The van der Waals surface area contributed by atoms with Crippen LogP contribution in [-0.4, -0.2) is 0 Å². The molecular formula is C16H16FN. The largest absolute Gasteiger partial charge is 0.321 e. The quantitative estimate of drug-likeness (QED) is 0.854. The maximum Gasteiger partial charge on any atom is 0.123 e. The normalized spacial score (nSPS) is 26.7. The molecule has 0 radical (unpaired) electrons. The average Bonchev–Trinajstić information content (AvgIpc) is 2.37. The topological polar surface area (TPSA) is 26.0 Å². The van der Waals surface area contributed by atoms with Crippen LogP contribution >= 0.6 is 0 Å². The lowest BCUT2D eigenvalue weighted by Gasteiger charge is -2.45. The van der Waals surface area contributed by atoms with Crippen LogP contribution in [0.5, 0.6) is 0 Å². The molecule has 18 heavy (non-hydrogen) atoms. The first kappa shape index (κ1) is 11.4. The van der Waals surface area contributed by atoms with E-state index < -0.39 is 0 Å². The second kappa shape index (κ2) is 4.21. The minimum absolute atomic E-state index is 0.207. The number of nitrogens with two attached hydrogens (primary N) is 1. The van der Waals surface area contributed by atoms with E-state index in [9.17, 15) is 4.39 Å². The van der Waals surface area contributed by atoms with Crippen LogP contribution in [0.4, 0.5) is 4.39 Å². The minimum atomic E-state index is -0.284. The molecule has 0 spiro atoms. The van der Waals surface area contributed by atoms with E-state index in [1.54, 1.807) is 12.1 Å². The summed E-state index contributed by atoms with van der Waals surface area (Å²) in [5, 5.41) is 0. The lowest BCUT2D eigenvalue weighted by atomic mass is 9.63. The van der Waals surface area contributed by atoms with Crippen molar-refractivity contribution < 1.29 is 4.39 Å². The minimum Gasteiger partial charge on any atom is -0.321 e. The third-order valence-electron chi connectivity index (χ3n) is 3.91. The van der Waals surface area contributed by atoms with Gasteiger partial charge < -0.3 is 5.73 Å². The van der Waals surface area contributed by atoms with Gasteiger partial charge in [0.1, 0.15) is 5.82 Å². The highest BCUT2D eigenvalue weighted by atomic mass is 19.1. The standard InChI is InChI=1S/C16H16FN/c17-15-8-6-14(7-9-15)16(18)10-13(11-16)12-4-2-1-3-5-12/h1-9,13H,10-11,18H2. The van der Waals surface area contributed by atoms with Crippen molar-refractivity contribution in [3.63, 3.8) is 0 Å². The van der Waals surface area contributed by atoms with Gasteiger partial charge in [-0.1, -0.05) is 42.5 Å². The lowest BCUT2D eigenvalue weighted by molar-refractivity contribution is 0.209. The fourth-order valence-corrected chi connectivity index (χ4v) is 2.80. The van der Waals surface area contributed by atoms with E-state index in [4.69, 9.17) is 5.73 Å². The Morgan fingerprint density at radius 2 is 1.56 bits per heavy atom. The molecule has 2 N–H and O–H groups in total. The molecule has 0 bridgehead atoms. The summed E-state index contributed by atoms with van der Waals surface area (Å²) in [6.45, 7) is 0. The van der Waals surface area contributed by atoms with Gasteiger partial charge in [0.05, 0.1) is 0 Å². The molecule has 0 atom stereocenters. The summed E-state index contributed by atoms with van der Waals surface area (Å²) < 4.78 is 12.9. The summed E-state index contributed by atoms with van der Waals surface area (Å²) in [4.78, 5) is 0. The number of hydrogen-bond donors (Lipinski definition) is 1. The van der Waals surface area contributed by atoms with Gasteiger partial charge in [0.15, 0.2) is 0 Å². The second-order valence-electron chi connectivity index (χ2n) is 5.18. The van der Waals surface area contributed by atoms with Crippen LogP contribution in [0.15, 0.2) is 54.6 Å². The van der Waals surface area contributed by atoms with E-state index in [1.165, 1.54) is 17.7 Å². The van der Waals surface area contributed by atoms with Crippen LogP contribution in [-0.2, 0) is 5.54 Å². The molecule has 1 saturated carbocycles. The number of benzene rings is 2. The highest BCUT2D eigenvalue weighted by molar-refractivity contribution is 5.33. The Morgan fingerprint density at radius 3 is 2.17 bits per heavy atom. The molecule has 0 aliphatic heterocycles. The average molecular weight is 241 g/mol. The molecule has 1 fully saturated rings. The first-order valence-electron chi connectivity index (χ1n) is 6.27. The van der Waals surface area contributed by atoms with Crippen molar-refractivity contribution in [2.24, 2.45) is 5.73 Å². The Hall–Kier alpha value is -1.67. The van der Waals surface area contributed by atoms with Crippen LogP contribution in [0.25, 0.3) is 0 Å². The van der Waals surface area contributed by atoms with Crippen molar-refractivity contribution in [1.82, 2.24) is 0 Å². The predicted octanol–water partition coefficient (Wildman–Crippen LogP) is 3.56. The predicted molar refractivity (Wildman–Crippen MR) is 70.7 cm³/mol. The van der Waals surface area contributed by atoms with E-state index in [-0.39, 0.29) is 11.4 Å². The number of halogens is 1. The van der Waals surface area contributed by atoms with E-state index >= 15 is 0 Å². The molecule has 92 valence electrons. The molecule has 0 unspecified atom stereocenters. The summed E-state index contributed by atoms with van der Waals surface area (Å²) in [5.74, 6) is 0.322. The molecule has 0 aromatic heterocycles. The summed E-state index contributed by atoms with van der Waals surface area (Å²) in [5.41, 5.74) is 8.48. The molecule has 3 rings (SSSR count). The molecule has 1 aliphatic carbocycles. The van der Waals surface area contributed by atoms with Gasteiger partial charge in [-0.2, -0.15) is 0 Å². The molecule has 2 aromatic rings. The summed E-state index contributed by atoms with van der Waals surface area (Å²) >= 11 is 0. The zero-order valence-corrected chi connectivity index (χ0v) is 10.1. The van der Waals surface area contributed by atoms with Gasteiger partial charge in [-0.05, 0) is 42.0 Å². The van der Waals surface area contributed by atoms with Crippen molar-refractivity contribution in [3.05, 3.63) is 71.5 Å². The summed E-state index contributed by atoms with van der Waals surface area (Å²) in [7, 11) is 0. The molecule has 0 heterocycles. The van der Waals surface area contributed by atoms with Crippen LogP contribution in [0.3, 0.4) is 0 Å². The first-order chi connectivity index (χ1) is 8.67. The van der Waals surface area contributed by atoms with Gasteiger partial charge in [-0.25, -0.2) is 4.39 Å². The van der Waals surface area contributed by atoms with Crippen molar-refractivity contribution in [3.8, 4) is 0 Å². The molecular weight excluding hydrogens is 225 g/mol. The fourth-order valence-electron chi connectivity index (χ4n) is 2.80. The van der Waals surface area contributed by atoms with Gasteiger partial charge in [0.25, 0.3) is 0 Å². The molecule has 2 heteroatoms. The Labute approximate surface area is 106 Å². The Kier molecular flexibility index (Phi) is 2.67. The Morgan fingerprint density at radius 1 is 0.944 bits per heavy atom. The molecule has 1 nitrogen and oxygen atoms in total. The van der Waals surface area contributed by atoms with E-state index in [2.05, 4.69) is 24.3 Å². The van der Waals surface area contributed by atoms with Gasteiger partial charge in [0, 0.05) is 5.54 Å². The number of rotatable bonds is 2. The summed E-state index contributed by atoms with van der Waals surface area (Å²) in [6, 6.07) is 17.0. The van der Waals surface area contributed by atoms with Crippen molar-refractivity contribution in [2.75, 3.05) is 0 Å². The van der Waals surface area contributed by atoms with Gasteiger partial charge >= 0.3 is 0 Å². The zero-order chi connectivity index (χ0) is 12.6. The van der Waals surface area contributed by atoms with Crippen LogP contribution in [0.2, 0.25) is 0 Å². The monoisotopic (exact) mass is 241 g/mol. The van der Waals surface area contributed by atoms with E-state index in [1.807, 2.05) is 6.07 Å². The molecule has 2 aromatic carbocycles. The van der Waals surface area contributed by atoms with Crippen LogP contribution in [0, 0.1) is 5.82 Å². The van der Waals surface area contributed by atoms with Gasteiger partial charge in [0.2, 0.25) is 0 Å². The highest BCUT2D eigenvalue weighted by Crippen LogP contribution is 2.48. The van der Waals surface area contributed by atoms with Crippen LogP contribution < -0.4 is 5.73 Å². The molecule has 0 saturated heterocycles.